The molecule has 156 valence electrons. The van der Waals surface area contributed by atoms with E-state index in [1.165, 1.54) is 0 Å². The van der Waals surface area contributed by atoms with Crippen molar-refractivity contribution in [2.75, 3.05) is 40.5 Å². The van der Waals surface area contributed by atoms with Crippen molar-refractivity contribution >= 4 is 5.91 Å². The summed E-state index contributed by atoms with van der Waals surface area (Å²) in [5.74, 6) is 0.685. The van der Waals surface area contributed by atoms with Gasteiger partial charge >= 0.3 is 0 Å². The van der Waals surface area contributed by atoms with Crippen LogP contribution in [0.3, 0.4) is 0 Å². The first kappa shape index (κ1) is 21.0. The van der Waals surface area contributed by atoms with Crippen LogP contribution in [0.1, 0.15) is 49.9 Å². The first-order valence-corrected chi connectivity index (χ1v) is 10.3. The van der Waals surface area contributed by atoms with E-state index in [1.54, 1.807) is 14.2 Å². The minimum atomic E-state index is -0.394. The van der Waals surface area contributed by atoms with Crippen LogP contribution in [0, 0.1) is 0 Å². The fourth-order valence-electron chi connectivity index (χ4n) is 3.70. The van der Waals surface area contributed by atoms with E-state index in [0.29, 0.717) is 25.1 Å². The zero-order valence-corrected chi connectivity index (χ0v) is 17.3. The van der Waals surface area contributed by atoms with Crippen molar-refractivity contribution < 1.29 is 19.0 Å². The third-order valence-corrected chi connectivity index (χ3v) is 5.42. The van der Waals surface area contributed by atoms with Gasteiger partial charge in [0, 0.05) is 44.6 Å². The van der Waals surface area contributed by atoms with Gasteiger partial charge in [0.15, 0.2) is 0 Å². The Morgan fingerprint density at radius 3 is 2.82 bits per heavy atom. The maximum atomic E-state index is 13.2. The van der Waals surface area contributed by atoms with E-state index in [-0.39, 0.29) is 11.9 Å². The Labute approximate surface area is 167 Å². The monoisotopic (exact) mass is 391 g/mol. The van der Waals surface area contributed by atoms with Gasteiger partial charge < -0.3 is 24.4 Å². The zero-order valence-electron chi connectivity index (χ0n) is 17.3. The Balaban J connectivity index is 1.75. The molecule has 28 heavy (non-hydrogen) atoms. The Kier molecular flexibility index (Phi) is 7.65. The molecule has 2 aliphatic rings. The fraction of sp³-hybridized carbons (Fsp3) is 0.714. The molecule has 0 bridgehead atoms. The highest BCUT2D eigenvalue weighted by Gasteiger charge is 2.40. The molecule has 1 aliphatic heterocycles. The van der Waals surface area contributed by atoms with Gasteiger partial charge in [-0.1, -0.05) is 0 Å². The van der Waals surface area contributed by atoms with Gasteiger partial charge in [0.05, 0.1) is 19.8 Å². The standard InChI is InChI=1S/C21H33N3O4/c1-15(24(18-7-8-18)21(25)19-14-22-9-11-28-19)16-12-17(6-4-5-10-26-2)23-20(13-16)27-3/h12-13,15,18-19,22H,4-11,14H2,1-3H3/t15-,19-/m1/s1. The van der Waals surface area contributed by atoms with Crippen LogP contribution in [0.4, 0.5) is 0 Å². The van der Waals surface area contributed by atoms with Gasteiger partial charge in [-0.25, -0.2) is 4.98 Å². The SMILES string of the molecule is COCCCCc1cc([C@@H](C)N(C(=O)[C@H]2CNCCO2)C2CC2)cc(OC)n1. The molecule has 2 heterocycles. The minimum absolute atomic E-state index is 0.0415. The normalized spacial score (nSPS) is 20.6. The highest BCUT2D eigenvalue weighted by Crippen LogP contribution is 2.36. The number of nitrogens with one attached hydrogen (secondary N) is 1. The molecule has 0 unspecified atom stereocenters. The lowest BCUT2D eigenvalue weighted by Gasteiger charge is -2.34. The number of morpholine rings is 1. The number of carbonyl (C=O) groups excluding carboxylic acids is 1. The highest BCUT2D eigenvalue weighted by molar-refractivity contribution is 5.82. The molecule has 1 aromatic rings. The summed E-state index contributed by atoms with van der Waals surface area (Å²) in [6.45, 7) is 4.82. The second-order valence-corrected chi connectivity index (χ2v) is 7.60. The molecule has 2 fully saturated rings. The third-order valence-electron chi connectivity index (χ3n) is 5.42. The number of rotatable bonds is 10. The van der Waals surface area contributed by atoms with Gasteiger partial charge in [-0.15, -0.1) is 0 Å². The zero-order chi connectivity index (χ0) is 19.9. The number of unbranched alkanes of at least 4 members (excludes halogenated alkanes) is 1. The molecular formula is C21H33N3O4. The Bertz CT molecular complexity index is 645. The van der Waals surface area contributed by atoms with Crippen LogP contribution >= 0.6 is 0 Å². The predicted octanol–water partition coefficient (Wildman–Crippen LogP) is 2.10. The quantitative estimate of drug-likeness (QED) is 0.616. The molecule has 7 nitrogen and oxygen atoms in total. The summed E-state index contributed by atoms with van der Waals surface area (Å²) < 4.78 is 16.3. The number of hydrogen-bond acceptors (Lipinski definition) is 6. The largest absolute Gasteiger partial charge is 0.481 e. The number of pyridine rings is 1. The van der Waals surface area contributed by atoms with Gasteiger partial charge in [0.1, 0.15) is 6.10 Å². The lowest BCUT2D eigenvalue weighted by Crippen LogP contribution is -2.50. The van der Waals surface area contributed by atoms with E-state index < -0.39 is 6.10 Å². The van der Waals surface area contributed by atoms with E-state index in [1.807, 2.05) is 11.0 Å². The number of aryl methyl sites for hydroxylation is 1. The first-order chi connectivity index (χ1) is 13.6. The molecule has 0 aromatic carbocycles. The summed E-state index contributed by atoms with van der Waals surface area (Å²) in [5.41, 5.74) is 2.06. The summed E-state index contributed by atoms with van der Waals surface area (Å²) in [7, 11) is 3.36. The smallest absolute Gasteiger partial charge is 0.253 e. The maximum absolute atomic E-state index is 13.2. The van der Waals surface area contributed by atoms with Crippen molar-refractivity contribution in [3.8, 4) is 5.88 Å². The van der Waals surface area contributed by atoms with Crippen LogP contribution in [-0.4, -0.2) is 68.5 Å². The minimum Gasteiger partial charge on any atom is -0.481 e. The van der Waals surface area contributed by atoms with E-state index in [2.05, 4.69) is 23.3 Å². The van der Waals surface area contributed by atoms with Crippen molar-refractivity contribution in [1.29, 1.82) is 0 Å². The molecule has 1 saturated heterocycles. The summed E-state index contributed by atoms with van der Waals surface area (Å²) in [5, 5.41) is 3.26. The topological polar surface area (TPSA) is 72.9 Å². The summed E-state index contributed by atoms with van der Waals surface area (Å²) in [6, 6.07) is 4.33. The highest BCUT2D eigenvalue weighted by atomic mass is 16.5. The van der Waals surface area contributed by atoms with Crippen molar-refractivity contribution in [1.82, 2.24) is 15.2 Å². The first-order valence-electron chi connectivity index (χ1n) is 10.3. The molecule has 3 rings (SSSR count). The Morgan fingerprint density at radius 2 is 2.18 bits per heavy atom. The van der Waals surface area contributed by atoms with Crippen LogP contribution in [0.15, 0.2) is 12.1 Å². The van der Waals surface area contributed by atoms with Gasteiger partial charge in [-0.3, -0.25) is 4.79 Å². The molecule has 1 aromatic heterocycles. The van der Waals surface area contributed by atoms with Gasteiger partial charge in [-0.2, -0.15) is 0 Å². The van der Waals surface area contributed by atoms with Crippen LogP contribution in [-0.2, 0) is 20.7 Å². The summed E-state index contributed by atoms with van der Waals surface area (Å²) in [6.07, 6.45) is 4.60. The van der Waals surface area contributed by atoms with Crippen LogP contribution in [0.5, 0.6) is 5.88 Å². The predicted molar refractivity (Wildman–Crippen MR) is 106 cm³/mol. The summed E-state index contributed by atoms with van der Waals surface area (Å²) in [4.78, 5) is 19.8. The Hall–Kier alpha value is -1.70. The Morgan fingerprint density at radius 1 is 1.36 bits per heavy atom. The van der Waals surface area contributed by atoms with Crippen molar-refractivity contribution in [3.63, 3.8) is 0 Å². The molecule has 2 atom stereocenters. The lowest BCUT2D eigenvalue weighted by atomic mass is 10.0. The number of ether oxygens (including phenoxy) is 3. The molecule has 1 saturated carbocycles. The number of nitrogens with zero attached hydrogens (tertiary/aromatic N) is 2. The molecule has 0 radical (unpaired) electrons. The average Bonchev–Trinajstić information content (AvgIpc) is 3.56. The third kappa shape index (κ3) is 5.43. The number of methoxy groups -OCH3 is 2. The number of amides is 1. The van der Waals surface area contributed by atoms with Crippen LogP contribution in [0.2, 0.25) is 0 Å². The molecule has 1 N–H and O–H groups in total. The van der Waals surface area contributed by atoms with Gasteiger partial charge in [0.2, 0.25) is 5.88 Å². The molecular weight excluding hydrogens is 358 g/mol. The van der Waals surface area contributed by atoms with E-state index in [9.17, 15) is 4.79 Å². The lowest BCUT2D eigenvalue weighted by molar-refractivity contribution is -0.148. The van der Waals surface area contributed by atoms with Crippen LogP contribution in [0.25, 0.3) is 0 Å². The van der Waals surface area contributed by atoms with E-state index in [4.69, 9.17) is 14.2 Å². The molecule has 1 amide bonds. The van der Waals surface area contributed by atoms with Crippen molar-refractivity contribution in [2.45, 2.75) is 57.2 Å². The van der Waals surface area contributed by atoms with Crippen molar-refractivity contribution in [2.24, 2.45) is 0 Å². The molecule has 0 spiro atoms. The number of hydrogen-bond donors (Lipinski definition) is 1. The molecule has 1 aliphatic carbocycles. The van der Waals surface area contributed by atoms with Crippen molar-refractivity contribution in [3.05, 3.63) is 23.4 Å². The number of aromatic nitrogens is 1. The fourth-order valence-corrected chi connectivity index (χ4v) is 3.70. The maximum Gasteiger partial charge on any atom is 0.253 e. The number of carbonyl (C=O) groups is 1. The van der Waals surface area contributed by atoms with E-state index in [0.717, 1.165) is 56.5 Å². The van der Waals surface area contributed by atoms with Gasteiger partial charge in [0.25, 0.3) is 5.91 Å². The van der Waals surface area contributed by atoms with Crippen LogP contribution < -0.4 is 10.1 Å². The van der Waals surface area contributed by atoms with Gasteiger partial charge in [-0.05, 0) is 50.7 Å². The average molecular weight is 392 g/mol. The second kappa shape index (κ2) is 10.2. The van der Waals surface area contributed by atoms with E-state index >= 15 is 0 Å². The summed E-state index contributed by atoms with van der Waals surface area (Å²) >= 11 is 0. The molecule has 7 heteroatoms. The second-order valence-electron chi connectivity index (χ2n) is 7.60.